The van der Waals surface area contributed by atoms with Gasteiger partial charge in [-0.1, -0.05) is 54.1 Å². The normalized spacial score (nSPS) is 10.9. The second-order valence-electron chi connectivity index (χ2n) is 6.79. The molecule has 0 spiro atoms. The Morgan fingerprint density at radius 3 is 2.50 bits per heavy atom. The van der Waals surface area contributed by atoms with E-state index in [9.17, 15) is 10.1 Å². The van der Waals surface area contributed by atoms with E-state index in [0.717, 1.165) is 14.7 Å². The lowest BCUT2D eigenvalue weighted by atomic mass is 10.1. The summed E-state index contributed by atoms with van der Waals surface area (Å²) in [5.74, 6) is 0.346. The molecular weight excluding hydrogens is 539 g/mol. The van der Waals surface area contributed by atoms with Crippen LogP contribution in [0.25, 0.3) is 6.08 Å². The molecule has 0 aliphatic rings. The standard InChI is InChI=1S/C25H20ClIN2O3/c1-31-23-13-19(11-20(14-28)25(30)29-15-17-5-3-2-4-6-17)12-22(26)24(23)32-16-18-7-9-21(27)10-8-18/h2-13H,15-16H2,1H3,(H,29,30)/b20-11-. The molecule has 1 amide bonds. The highest BCUT2D eigenvalue weighted by Crippen LogP contribution is 2.37. The topological polar surface area (TPSA) is 71.3 Å². The van der Waals surface area contributed by atoms with Crippen molar-refractivity contribution in [1.82, 2.24) is 5.32 Å². The number of hydrogen-bond acceptors (Lipinski definition) is 4. The minimum Gasteiger partial charge on any atom is -0.493 e. The molecule has 0 unspecified atom stereocenters. The third-order valence-electron chi connectivity index (χ3n) is 4.52. The number of methoxy groups -OCH3 is 1. The van der Waals surface area contributed by atoms with Crippen molar-refractivity contribution in [2.75, 3.05) is 7.11 Å². The SMILES string of the molecule is COc1cc(/C=C(/C#N)C(=O)NCc2ccccc2)cc(Cl)c1OCc1ccc(I)cc1. The predicted molar refractivity (Wildman–Crippen MR) is 133 cm³/mol. The van der Waals surface area contributed by atoms with Crippen LogP contribution in [0.3, 0.4) is 0 Å². The molecule has 0 heterocycles. The first-order valence-corrected chi connectivity index (χ1v) is 11.1. The fourth-order valence-corrected chi connectivity index (χ4v) is 3.52. The van der Waals surface area contributed by atoms with Crippen LogP contribution in [0.2, 0.25) is 5.02 Å². The Balaban J connectivity index is 1.75. The fourth-order valence-electron chi connectivity index (χ4n) is 2.89. The number of hydrogen-bond donors (Lipinski definition) is 1. The molecule has 3 rings (SSSR count). The summed E-state index contributed by atoms with van der Waals surface area (Å²) in [7, 11) is 1.51. The second kappa shape index (κ2) is 11.6. The predicted octanol–water partition coefficient (Wildman–Crippen LogP) is 5.76. The van der Waals surface area contributed by atoms with Crippen molar-refractivity contribution >= 4 is 46.2 Å². The number of benzene rings is 3. The van der Waals surface area contributed by atoms with Gasteiger partial charge in [0.05, 0.1) is 12.1 Å². The molecule has 0 aliphatic heterocycles. The van der Waals surface area contributed by atoms with Gasteiger partial charge in [-0.15, -0.1) is 0 Å². The molecule has 0 saturated carbocycles. The maximum Gasteiger partial charge on any atom is 0.262 e. The summed E-state index contributed by atoms with van der Waals surface area (Å²) >= 11 is 8.68. The molecule has 0 atom stereocenters. The van der Waals surface area contributed by atoms with Crippen LogP contribution in [0.1, 0.15) is 16.7 Å². The number of rotatable bonds is 8. The van der Waals surface area contributed by atoms with E-state index < -0.39 is 5.91 Å². The maximum absolute atomic E-state index is 12.5. The molecule has 32 heavy (non-hydrogen) atoms. The van der Waals surface area contributed by atoms with Gasteiger partial charge in [-0.3, -0.25) is 4.79 Å². The van der Waals surface area contributed by atoms with Crippen LogP contribution in [0.15, 0.2) is 72.3 Å². The van der Waals surface area contributed by atoms with Crippen molar-refractivity contribution in [1.29, 1.82) is 5.26 Å². The van der Waals surface area contributed by atoms with Crippen LogP contribution in [0.4, 0.5) is 0 Å². The molecule has 5 nitrogen and oxygen atoms in total. The smallest absolute Gasteiger partial charge is 0.262 e. The van der Waals surface area contributed by atoms with Gasteiger partial charge >= 0.3 is 0 Å². The van der Waals surface area contributed by atoms with Crippen LogP contribution < -0.4 is 14.8 Å². The molecule has 0 radical (unpaired) electrons. The van der Waals surface area contributed by atoms with Crippen molar-refractivity contribution in [3.63, 3.8) is 0 Å². The molecule has 3 aromatic carbocycles. The zero-order valence-corrected chi connectivity index (χ0v) is 20.2. The van der Waals surface area contributed by atoms with Crippen molar-refractivity contribution in [3.8, 4) is 17.6 Å². The highest BCUT2D eigenvalue weighted by molar-refractivity contribution is 14.1. The van der Waals surface area contributed by atoms with E-state index in [1.54, 1.807) is 12.1 Å². The van der Waals surface area contributed by atoms with Crippen LogP contribution in [0.5, 0.6) is 11.5 Å². The second-order valence-corrected chi connectivity index (χ2v) is 8.44. The Kier molecular flexibility index (Phi) is 8.54. The Hall–Kier alpha value is -3.02. The third kappa shape index (κ3) is 6.49. The largest absolute Gasteiger partial charge is 0.493 e. The summed E-state index contributed by atoms with van der Waals surface area (Å²) < 4.78 is 12.5. The first kappa shape index (κ1) is 23.6. The highest BCUT2D eigenvalue weighted by Gasteiger charge is 2.14. The molecule has 3 aromatic rings. The van der Waals surface area contributed by atoms with Gasteiger partial charge in [-0.05, 0) is 69.6 Å². The lowest BCUT2D eigenvalue weighted by Gasteiger charge is -2.14. The Bertz CT molecular complexity index is 1160. The van der Waals surface area contributed by atoms with E-state index >= 15 is 0 Å². The van der Waals surface area contributed by atoms with Gasteiger partial charge in [-0.2, -0.15) is 5.26 Å². The van der Waals surface area contributed by atoms with Gasteiger partial charge in [0.1, 0.15) is 18.2 Å². The minimum absolute atomic E-state index is 0.0355. The number of nitrogens with one attached hydrogen (secondary N) is 1. The zero-order valence-electron chi connectivity index (χ0n) is 17.3. The molecule has 7 heteroatoms. The minimum atomic E-state index is -0.467. The summed E-state index contributed by atoms with van der Waals surface area (Å²) in [5, 5.41) is 12.5. The van der Waals surface area contributed by atoms with Gasteiger partial charge in [-0.25, -0.2) is 0 Å². The van der Waals surface area contributed by atoms with Crippen molar-refractivity contribution < 1.29 is 14.3 Å². The summed E-state index contributed by atoms with van der Waals surface area (Å²) in [5.41, 5.74) is 2.46. The molecule has 0 fully saturated rings. The van der Waals surface area contributed by atoms with Gasteiger partial charge < -0.3 is 14.8 Å². The van der Waals surface area contributed by atoms with Crippen molar-refractivity contribution in [3.05, 3.63) is 97.6 Å². The molecule has 0 bridgehead atoms. The van der Waals surface area contributed by atoms with E-state index in [2.05, 4.69) is 27.9 Å². The number of ether oxygens (including phenoxy) is 2. The molecular formula is C25H20ClIN2O3. The Labute approximate surface area is 205 Å². The fraction of sp³-hybridized carbons (Fsp3) is 0.120. The molecule has 0 saturated heterocycles. The number of nitriles is 1. The molecule has 162 valence electrons. The van der Waals surface area contributed by atoms with Crippen LogP contribution >= 0.6 is 34.2 Å². The maximum atomic E-state index is 12.5. The van der Waals surface area contributed by atoms with Gasteiger partial charge in [0.25, 0.3) is 5.91 Å². The lowest BCUT2D eigenvalue weighted by molar-refractivity contribution is -0.117. The van der Waals surface area contributed by atoms with Crippen molar-refractivity contribution in [2.45, 2.75) is 13.2 Å². The van der Waals surface area contributed by atoms with E-state index in [4.69, 9.17) is 21.1 Å². The van der Waals surface area contributed by atoms with Gasteiger partial charge in [0.15, 0.2) is 11.5 Å². The first-order chi connectivity index (χ1) is 15.5. The zero-order chi connectivity index (χ0) is 22.9. The summed E-state index contributed by atoms with van der Waals surface area (Å²) in [6, 6.07) is 22.7. The average molecular weight is 559 g/mol. The summed E-state index contributed by atoms with van der Waals surface area (Å²) in [6.45, 7) is 0.654. The van der Waals surface area contributed by atoms with E-state index in [0.29, 0.717) is 35.2 Å². The van der Waals surface area contributed by atoms with E-state index in [1.165, 1.54) is 13.2 Å². The number of carbonyl (C=O) groups excluding carboxylic acids is 1. The average Bonchev–Trinajstić information content (AvgIpc) is 2.81. The van der Waals surface area contributed by atoms with Crippen LogP contribution in [0, 0.1) is 14.9 Å². The molecule has 1 N–H and O–H groups in total. The van der Waals surface area contributed by atoms with Crippen LogP contribution in [-0.2, 0) is 17.9 Å². The van der Waals surface area contributed by atoms with E-state index in [1.807, 2.05) is 60.7 Å². The third-order valence-corrected chi connectivity index (χ3v) is 5.52. The number of halogens is 2. The monoisotopic (exact) mass is 558 g/mol. The number of amides is 1. The van der Waals surface area contributed by atoms with Gasteiger partial charge in [0.2, 0.25) is 0 Å². The summed E-state index contributed by atoms with van der Waals surface area (Å²) in [4.78, 5) is 12.5. The van der Waals surface area contributed by atoms with E-state index in [-0.39, 0.29) is 5.57 Å². The first-order valence-electron chi connectivity index (χ1n) is 9.69. The Morgan fingerprint density at radius 1 is 1.12 bits per heavy atom. The Morgan fingerprint density at radius 2 is 1.84 bits per heavy atom. The number of nitrogens with zero attached hydrogens (tertiary/aromatic N) is 1. The lowest BCUT2D eigenvalue weighted by Crippen LogP contribution is -2.23. The quantitative estimate of drug-likeness (QED) is 0.217. The number of carbonyl (C=O) groups is 1. The van der Waals surface area contributed by atoms with Crippen LogP contribution in [-0.4, -0.2) is 13.0 Å². The molecule has 0 aromatic heterocycles. The highest BCUT2D eigenvalue weighted by atomic mass is 127. The molecule has 0 aliphatic carbocycles. The van der Waals surface area contributed by atoms with Gasteiger partial charge in [0, 0.05) is 10.1 Å². The summed E-state index contributed by atoms with van der Waals surface area (Å²) in [6.07, 6.45) is 1.47. The van der Waals surface area contributed by atoms with Crippen molar-refractivity contribution in [2.24, 2.45) is 0 Å².